The lowest BCUT2D eigenvalue weighted by molar-refractivity contribution is 0.728. The maximum Gasteiger partial charge on any atom is 0.172 e. The van der Waals surface area contributed by atoms with E-state index in [1.165, 1.54) is 0 Å². The first-order chi connectivity index (χ1) is 12.2. The third-order valence-electron chi connectivity index (χ3n) is 4.41. The second-order valence-electron chi connectivity index (χ2n) is 5.94. The molecule has 5 heteroatoms. The number of hydrogen-bond donors (Lipinski definition) is 0. The molecule has 4 nitrogen and oxygen atoms in total. The summed E-state index contributed by atoms with van der Waals surface area (Å²) < 4.78 is 0. The lowest BCUT2D eigenvalue weighted by Gasteiger charge is -2.27. The van der Waals surface area contributed by atoms with Crippen LogP contribution in [0, 0.1) is 0 Å². The molecule has 3 aromatic heterocycles. The highest BCUT2D eigenvalue weighted by Crippen LogP contribution is 2.32. The van der Waals surface area contributed by atoms with Crippen molar-refractivity contribution in [2.45, 2.75) is 13.0 Å². The third-order valence-corrected chi connectivity index (χ3v) is 5.27. The van der Waals surface area contributed by atoms with Crippen LogP contribution in [0.3, 0.4) is 0 Å². The van der Waals surface area contributed by atoms with Gasteiger partial charge in [0, 0.05) is 24.8 Å². The average Bonchev–Trinajstić information content (AvgIpc) is 3.21. The van der Waals surface area contributed by atoms with Crippen LogP contribution in [0.1, 0.15) is 18.5 Å². The molecule has 1 aromatic carbocycles. The molecule has 0 saturated carbocycles. The molecule has 0 fully saturated rings. The van der Waals surface area contributed by atoms with Gasteiger partial charge in [0.15, 0.2) is 5.82 Å². The second-order valence-corrected chi connectivity index (χ2v) is 6.89. The highest BCUT2D eigenvalue weighted by atomic mass is 32.1. The Labute approximate surface area is 150 Å². The fourth-order valence-electron chi connectivity index (χ4n) is 2.87. The Bertz CT molecular complexity index is 983. The maximum absolute atomic E-state index is 4.89. The number of pyridine rings is 1. The van der Waals surface area contributed by atoms with Crippen molar-refractivity contribution < 1.29 is 0 Å². The monoisotopic (exact) mass is 346 g/mol. The van der Waals surface area contributed by atoms with Crippen LogP contribution < -0.4 is 4.90 Å². The summed E-state index contributed by atoms with van der Waals surface area (Å²) in [5.74, 6) is 1.71. The molecule has 1 atom stereocenters. The predicted molar refractivity (Wildman–Crippen MR) is 104 cm³/mol. The van der Waals surface area contributed by atoms with E-state index >= 15 is 0 Å². The Balaban J connectivity index is 1.85. The van der Waals surface area contributed by atoms with Crippen molar-refractivity contribution in [1.29, 1.82) is 0 Å². The Morgan fingerprint density at radius 3 is 2.64 bits per heavy atom. The number of anilines is 1. The van der Waals surface area contributed by atoms with Crippen LogP contribution in [-0.2, 0) is 0 Å². The summed E-state index contributed by atoms with van der Waals surface area (Å²) in [4.78, 5) is 17.2. The minimum atomic E-state index is 0.156. The summed E-state index contributed by atoms with van der Waals surface area (Å²) in [6.45, 7) is 2.17. The van der Waals surface area contributed by atoms with Gasteiger partial charge in [-0.25, -0.2) is 9.97 Å². The summed E-state index contributed by atoms with van der Waals surface area (Å²) in [5.41, 5.74) is 2.12. The van der Waals surface area contributed by atoms with Gasteiger partial charge < -0.3 is 4.90 Å². The molecule has 0 aliphatic rings. The van der Waals surface area contributed by atoms with Crippen LogP contribution in [0.15, 0.2) is 66.3 Å². The molecule has 25 heavy (non-hydrogen) atoms. The molecule has 1 unspecified atom stereocenters. The van der Waals surface area contributed by atoms with E-state index in [4.69, 9.17) is 9.97 Å². The van der Waals surface area contributed by atoms with Gasteiger partial charge in [-0.15, -0.1) is 11.3 Å². The lowest BCUT2D eigenvalue weighted by Crippen LogP contribution is -2.23. The van der Waals surface area contributed by atoms with Crippen LogP contribution >= 0.6 is 11.3 Å². The molecule has 0 aliphatic carbocycles. The molecule has 0 aliphatic heterocycles. The number of benzene rings is 1. The predicted octanol–water partition coefficient (Wildman–Crippen LogP) is 4.95. The van der Waals surface area contributed by atoms with Gasteiger partial charge in [-0.3, -0.25) is 4.98 Å². The number of thiophene rings is 1. The van der Waals surface area contributed by atoms with Crippen molar-refractivity contribution >= 4 is 28.1 Å². The van der Waals surface area contributed by atoms with E-state index in [2.05, 4.69) is 47.4 Å². The van der Waals surface area contributed by atoms with E-state index in [9.17, 15) is 0 Å². The molecule has 0 bridgehead atoms. The Kier molecular flexibility index (Phi) is 4.15. The van der Waals surface area contributed by atoms with Gasteiger partial charge in [0.1, 0.15) is 5.82 Å². The van der Waals surface area contributed by atoms with E-state index in [0.717, 1.165) is 33.0 Å². The van der Waals surface area contributed by atoms with E-state index in [1.54, 1.807) is 17.5 Å². The van der Waals surface area contributed by atoms with Gasteiger partial charge >= 0.3 is 0 Å². The molecular weight excluding hydrogens is 328 g/mol. The second kappa shape index (κ2) is 6.61. The largest absolute Gasteiger partial charge is 0.352 e. The molecular formula is C20H18N4S. The van der Waals surface area contributed by atoms with Crippen molar-refractivity contribution in [3.63, 3.8) is 0 Å². The van der Waals surface area contributed by atoms with Crippen LogP contribution in [-0.4, -0.2) is 22.0 Å². The Morgan fingerprint density at radius 2 is 1.88 bits per heavy atom. The molecule has 0 saturated heterocycles. The van der Waals surface area contributed by atoms with Crippen LogP contribution in [0.25, 0.3) is 21.6 Å². The fraction of sp³-hybridized carbons (Fsp3) is 0.150. The van der Waals surface area contributed by atoms with Crippen molar-refractivity contribution in [2.75, 3.05) is 11.9 Å². The van der Waals surface area contributed by atoms with E-state index in [-0.39, 0.29) is 6.04 Å². The summed E-state index contributed by atoms with van der Waals surface area (Å²) >= 11 is 1.66. The molecule has 0 N–H and O–H groups in total. The van der Waals surface area contributed by atoms with Crippen molar-refractivity contribution in [3.05, 3.63) is 71.9 Å². The molecule has 124 valence electrons. The summed E-state index contributed by atoms with van der Waals surface area (Å²) in [5, 5.41) is 3.11. The topological polar surface area (TPSA) is 41.9 Å². The summed E-state index contributed by atoms with van der Waals surface area (Å²) in [6, 6.07) is 16.5. The van der Waals surface area contributed by atoms with Gasteiger partial charge in [-0.2, -0.15) is 0 Å². The van der Waals surface area contributed by atoms with Gasteiger partial charge in [-0.05, 0) is 42.1 Å². The number of aromatic nitrogens is 3. The number of fused-ring (bicyclic) bond motifs is 1. The summed E-state index contributed by atoms with van der Waals surface area (Å²) in [6.07, 6.45) is 3.70. The number of para-hydroxylation sites is 1. The zero-order valence-corrected chi connectivity index (χ0v) is 14.9. The highest BCUT2D eigenvalue weighted by molar-refractivity contribution is 7.13. The Morgan fingerprint density at radius 1 is 1.00 bits per heavy atom. The van der Waals surface area contributed by atoms with Gasteiger partial charge in [0.2, 0.25) is 0 Å². The van der Waals surface area contributed by atoms with Gasteiger partial charge in [-0.1, -0.05) is 24.3 Å². The first-order valence-corrected chi connectivity index (χ1v) is 9.05. The molecule has 0 radical (unpaired) electrons. The van der Waals surface area contributed by atoms with E-state index in [1.807, 2.05) is 36.5 Å². The average molecular weight is 346 g/mol. The van der Waals surface area contributed by atoms with Gasteiger partial charge in [0.05, 0.1) is 16.4 Å². The van der Waals surface area contributed by atoms with Crippen molar-refractivity contribution in [1.82, 2.24) is 15.0 Å². The molecule has 0 amide bonds. The first kappa shape index (κ1) is 15.7. The Hall–Kier alpha value is -2.79. The first-order valence-electron chi connectivity index (χ1n) is 8.17. The molecule has 4 rings (SSSR count). The molecule has 4 aromatic rings. The maximum atomic E-state index is 4.89. The van der Waals surface area contributed by atoms with Crippen molar-refractivity contribution in [2.24, 2.45) is 0 Å². The minimum Gasteiger partial charge on any atom is -0.352 e. The lowest BCUT2D eigenvalue weighted by atomic mass is 10.1. The van der Waals surface area contributed by atoms with Crippen LogP contribution in [0.4, 0.5) is 5.82 Å². The number of hydrogen-bond acceptors (Lipinski definition) is 5. The number of rotatable bonds is 4. The zero-order valence-electron chi connectivity index (χ0n) is 14.1. The molecule has 0 spiro atoms. The standard InChI is InChI=1S/C20H18N4S/c1-14(15-7-5-11-21-13-15)24(2)20-16-8-3-4-9-17(16)22-19(23-20)18-10-6-12-25-18/h3-14H,1-2H3. The van der Waals surface area contributed by atoms with E-state index in [0.29, 0.717) is 0 Å². The summed E-state index contributed by atoms with van der Waals surface area (Å²) in [7, 11) is 2.07. The smallest absolute Gasteiger partial charge is 0.172 e. The minimum absolute atomic E-state index is 0.156. The van der Waals surface area contributed by atoms with E-state index < -0.39 is 0 Å². The fourth-order valence-corrected chi connectivity index (χ4v) is 3.53. The zero-order chi connectivity index (χ0) is 17.2. The van der Waals surface area contributed by atoms with Gasteiger partial charge in [0.25, 0.3) is 0 Å². The van der Waals surface area contributed by atoms with Crippen molar-refractivity contribution in [3.8, 4) is 10.7 Å². The normalized spacial score (nSPS) is 12.2. The van der Waals surface area contributed by atoms with Crippen LogP contribution in [0.2, 0.25) is 0 Å². The molecule has 3 heterocycles. The number of nitrogens with zero attached hydrogens (tertiary/aromatic N) is 4. The third kappa shape index (κ3) is 2.98. The van der Waals surface area contributed by atoms with Crippen LogP contribution in [0.5, 0.6) is 0 Å². The SMILES string of the molecule is CC(c1cccnc1)N(C)c1nc(-c2cccs2)nc2ccccc12. The quantitative estimate of drug-likeness (QED) is 0.524. The highest BCUT2D eigenvalue weighted by Gasteiger charge is 2.18.